The average molecular weight is 412 g/mol. The van der Waals surface area contributed by atoms with Crippen LogP contribution in [0.25, 0.3) is 0 Å². The summed E-state index contributed by atoms with van der Waals surface area (Å²) in [6.07, 6.45) is 4.60. The molecule has 1 aliphatic heterocycles. The fraction of sp³-hybridized carbons (Fsp3) is 0.500. The summed E-state index contributed by atoms with van der Waals surface area (Å²) in [5.41, 5.74) is 2.85. The van der Waals surface area contributed by atoms with Crippen LogP contribution in [0.15, 0.2) is 48.5 Å². The smallest absolute Gasteiger partial charge is 0.341 e. The van der Waals surface area contributed by atoms with Crippen LogP contribution in [0.5, 0.6) is 5.75 Å². The predicted molar refractivity (Wildman–Crippen MR) is 123 cm³/mol. The summed E-state index contributed by atoms with van der Waals surface area (Å²) in [5, 5.41) is 0. The second kappa shape index (κ2) is 13.1. The molecule has 0 aromatic heterocycles. The molecule has 1 saturated heterocycles. The second-order valence-electron chi connectivity index (χ2n) is 7.47. The van der Waals surface area contributed by atoms with Gasteiger partial charge in [-0.3, -0.25) is 4.90 Å². The summed E-state index contributed by atoms with van der Waals surface area (Å²) in [4.78, 5) is 15.2. The van der Waals surface area contributed by atoms with E-state index in [1.165, 1.54) is 24.8 Å². The van der Waals surface area contributed by atoms with E-state index in [9.17, 15) is 4.79 Å². The molecule has 1 atom stereocenters. The molecule has 0 saturated carbocycles. The van der Waals surface area contributed by atoms with Gasteiger partial charge < -0.3 is 9.47 Å². The third kappa shape index (κ3) is 7.17. The fourth-order valence-corrected chi connectivity index (χ4v) is 3.79. The highest BCUT2D eigenvalue weighted by Crippen LogP contribution is 2.22. The van der Waals surface area contributed by atoms with Gasteiger partial charge >= 0.3 is 5.97 Å². The van der Waals surface area contributed by atoms with E-state index in [1.54, 1.807) is 6.07 Å². The number of benzene rings is 2. The van der Waals surface area contributed by atoms with Crippen molar-refractivity contribution in [2.75, 3.05) is 26.3 Å². The molecule has 1 heterocycles. The zero-order valence-electron chi connectivity index (χ0n) is 19.0. The molecule has 164 valence electrons. The molecule has 0 radical (unpaired) electrons. The lowest BCUT2D eigenvalue weighted by Crippen LogP contribution is -2.43. The Morgan fingerprint density at radius 3 is 2.40 bits per heavy atom. The van der Waals surface area contributed by atoms with Crippen molar-refractivity contribution in [2.24, 2.45) is 0 Å². The van der Waals surface area contributed by atoms with Gasteiger partial charge in [0.15, 0.2) is 0 Å². The molecular weight excluding hydrogens is 374 g/mol. The van der Waals surface area contributed by atoms with Crippen molar-refractivity contribution in [1.29, 1.82) is 0 Å². The molecule has 0 bridgehead atoms. The van der Waals surface area contributed by atoms with Gasteiger partial charge in [-0.25, -0.2) is 4.79 Å². The Bertz CT molecular complexity index is 754. The molecule has 0 aliphatic carbocycles. The van der Waals surface area contributed by atoms with Crippen LogP contribution >= 0.6 is 0 Å². The molecular formula is C26H37NO3. The van der Waals surface area contributed by atoms with Crippen LogP contribution < -0.4 is 4.74 Å². The first-order chi connectivity index (χ1) is 14.7. The Morgan fingerprint density at radius 2 is 1.73 bits per heavy atom. The van der Waals surface area contributed by atoms with Gasteiger partial charge in [0.05, 0.1) is 6.61 Å². The molecule has 2 aromatic carbocycles. The number of piperidine rings is 1. The van der Waals surface area contributed by atoms with E-state index >= 15 is 0 Å². The van der Waals surface area contributed by atoms with Gasteiger partial charge in [-0.2, -0.15) is 0 Å². The Morgan fingerprint density at radius 1 is 1.03 bits per heavy atom. The number of carbonyl (C=O) groups is 1. The highest BCUT2D eigenvalue weighted by molar-refractivity contribution is 5.92. The predicted octanol–water partition coefficient (Wildman–Crippen LogP) is 5.67. The van der Waals surface area contributed by atoms with Crippen molar-refractivity contribution in [2.45, 2.75) is 59.4 Å². The van der Waals surface area contributed by atoms with Crippen LogP contribution in [0.4, 0.5) is 0 Å². The summed E-state index contributed by atoms with van der Waals surface area (Å²) in [6, 6.07) is 16.3. The van der Waals surface area contributed by atoms with Gasteiger partial charge in [0.1, 0.15) is 17.9 Å². The molecule has 1 aliphatic rings. The van der Waals surface area contributed by atoms with Gasteiger partial charge in [-0.1, -0.05) is 56.7 Å². The van der Waals surface area contributed by atoms with Crippen LogP contribution in [0.3, 0.4) is 0 Å². The van der Waals surface area contributed by atoms with E-state index in [0.717, 1.165) is 25.1 Å². The fourth-order valence-electron chi connectivity index (χ4n) is 3.79. The molecule has 30 heavy (non-hydrogen) atoms. The van der Waals surface area contributed by atoms with Gasteiger partial charge in [0.25, 0.3) is 0 Å². The van der Waals surface area contributed by atoms with E-state index in [4.69, 9.17) is 9.47 Å². The van der Waals surface area contributed by atoms with Crippen molar-refractivity contribution >= 4 is 5.97 Å². The monoisotopic (exact) mass is 411 g/mol. The van der Waals surface area contributed by atoms with Crippen LogP contribution in [-0.4, -0.2) is 43.2 Å². The summed E-state index contributed by atoms with van der Waals surface area (Å²) < 4.78 is 11.4. The molecule has 0 unspecified atom stereocenters. The number of aryl methyl sites for hydroxylation is 1. The molecule has 0 spiro atoms. The maximum absolute atomic E-state index is 12.8. The number of ether oxygens (including phenoxy) is 2. The SMILES string of the molecule is CC.CCOc1cc(C)ccc1C(=O)OC[C@H](Cc1ccccc1)N1CCCCC1. The molecule has 0 N–H and O–H groups in total. The quantitative estimate of drug-likeness (QED) is 0.524. The number of carbonyl (C=O) groups excluding carboxylic acids is 1. The van der Waals surface area contributed by atoms with Gasteiger partial charge in [-0.15, -0.1) is 0 Å². The summed E-state index contributed by atoms with van der Waals surface area (Å²) in [5.74, 6) is 0.295. The first-order valence-corrected chi connectivity index (χ1v) is 11.4. The minimum atomic E-state index is -0.307. The van der Waals surface area contributed by atoms with Crippen LogP contribution in [0.1, 0.15) is 61.5 Å². The van der Waals surface area contributed by atoms with Crippen molar-refractivity contribution in [1.82, 2.24) is 4.90 Å². The van der Waals surface area contributed by atoms with Crippen molar-refractivity contribution in [3.63, 3.8) is 0 Å². The maximum Gasteiger partial charge on any atom is 0.341 e. The first-order valence-electron chi connectivity index (χ1n) is 11.4. The summed E-state index contributed by atoms with van der Waals surface area (Å²) >= 11 is 0. The third-order valence-electron chi connectivity index (χ3n) is 5.28. The van der Waals surface area contributed by atoms with Gasteiger partial charge in [0.2, 0.25) is 0 Å². The molecule has 3 rings (SSSR count). The van der Waals surface area contributed by atoms with Gasteiger partial charge in [0, 0.05) is 6.04 Å². The van der Waals surface area contributed by atoms with Crippen molar-refractivity contribution < 1.29 is 14.3 Å². The lowest BCUT2D eigenvalue weighted by molar-refractivity contribution is 0.0316. The van der Waals surface area contributed by atoms with Crippen LogP contribution in [0, 0.1) is 6.92 Å². The lowest BCUT2D eigenvalue weighted by atomic mass is 10.0. The van der Waals surface area contributed by atoms with E-state index in [0.29, 0.717) is 24.5 Å². The molecule has 1 fully saturated rings. The number of likely N-dealkylation sites (tertiary alicyclic amines) is 1. The molecule has 0 amide bonds. The van der Waals surface area contributed by atoms with E-state index in [2.05, 4.69) is 29.2 Å². The minimum Gasteiger partial charge on any atom is -0.493 e. The van der Waals surface area contributed by atoms with E-state index in [-0.39, 0.29) is 12.0 Å². The Labute approximate surface area is 182 Å². The largest absolute Gasteiger partial charge is 0.493 e. The average Bonchev–Trinajstić information content (AvgIpc) is 2.79. The second-order valence-corrected chi connectivity index (χ2v) is 7.47. The molecule has 4 heteroatoms. The molecule has 2 aromatic rings. The van der Waals surface area contributed by atoms with E-state index < -0.39 is 0 Å². The highest BCUT2D eigenvalue weighted by atomic mass is 16.5. The zero-order chi connectivity index (χ0) is 21.8. The zero-order valence-corrected chi connectivity index (χ0v) is 19.0. The lowest BCUT2D eigenvalue weighted by Gasteiger charge is -2.34. The number of esters is 1. The first kappa shape index (κ1) is 23.9. The normalized spacial score (nSPS) is 14.9. The topological polar surface area (TPSA) is 38.8 Å². The van der Waals surface area contributed by atoms with Gasteiger partial charge in [-0.05, 0) is 69.5 Å². The Balaban J connectivity index is 0.00000155. The van der Waals surface area contributed by atoms with E-state index in [1.807, 2.05) is 45.9 Å². The Hall–Kier alpha value is -2.33. The Kier molecular flexibility index (Phi) is 10.4. The standard InChI is InChI=1S/C24H31NO3.C2H6/c1-3-27-23-16-19(2)12-13-22(23)24(26)28-18-21(25-14-8-5-9-15-25)17-20-10-6-4-7-11-20;1-2/h4,6-7,10-13,16,21H,3,5,8-9,14-15,17-18H2,1-2H3;1-2H3/t21-;/m0./s1. The van der Waals surface area contributed by atoms with Crippen molar-refractivity contribution in [3.8, 4) is 5.75 Å². The number of rotatable bonds is 8. The minimum absolute atomic E-state index is 0.202. The third-order valence-corrected chi connectivity index (χ3v) is 5.28. The molecule has 4 nitrogen and oxygen atoms in total. The number of nitrogens with zero attached hydrogens (tertiary/aromatic N) is 1. The van der Waals surface area contributed by atoms with Crippen LogP contribution in [-0.2, 0) is 11.2 Å². The summed E-state index contributed by atoms with van der Waals surface area (Å²) in [7, 11) is 0. The highest BCUT2D eigenvalue weighted by Gasteiger charge is 2.23. The number of hydrogen-bond acceptors (Lipinski definition) is 4. The summed E-state index contributed by atoms with van der Waals surface area (Å²) in [6.45, 7) is 11.0. The maximum atomic E-state index is 12.8. The van der Waals surface area contributed by atoms with Crippen LogP contribution in [0.2, 0.25) is 0 Å². The van der Waals surface area contributed by atoms with Crippen molar-refractivity contribution in [3.05, 3.63) is 65.2 Å². The number of hydrogen-bond donors (Lipinski definition) is 0.